The molecule has 94 valence electrons. The quantitative estimate of drug-likeness (QED) is 0.716. The average molecular weight is 230 g/mol. The van der Waals surface area contributed by atoms with Gasteiger partial charge in [-0.3, -0.25) is 4.79 Å². The first-order valence-electron chi connectivity index (χ1n) is 5.87. The van der Waals surface area contributed by atoms with Crippen molar-refractivity contribution in [1.82, 2.24) is 0 Å². The first kappa shape index (κ1) is 13.5. The third-order valence-corrected chi connectivity index (χ3v) is 3.37. The molecular formula is C12H22O4. The number of rotatable bonds is 3. The number of carbonyl (C=O) groups excluding carboxylic acids is 1. The number of aliphatic hydroxyl groups is 2. The van der Waals surface area contributed by atoms with Gasteiger partial charge < -0.3 is 14.9 Å². The van der Waals surface area contributed by atoms with E-state index in [-0.39, 0.29) is 18.3 Å². The molecule has 0 aromatic rings. The topological polar surface area (TPSA) is 66.8 Å². The molecule has 4 nitrogen and oxygen atoms in total. The molecule has 1 aliphatic rings. The molecule has 0 aromatic carbocycles. The zero-order chi connectivity index (χ0) is 12.4. The predicted octanol–water partition coefficient (Wildman–Crippen LogP) is 1.24. The van der Waals surface area contributed by atoms with Crippen LogP contribution in [-0.4, -0.2) is 34.0 Å². The number of ether oxygens (including phenoxy) is 1. The van der Waals surface area contributed by atoms with Gasteiger partial charge in [0.05, 0.1) is 24.2 Å². The van der Waals surface area contributed by atoms with Crippen molar-refractivity contribution in [3.8, 4) is 0 Å². The molecule has 4 heteroatoms. The lowest BCUT2D eigenvalue weighted by Gasteiger charge is -2.43. The average Bonchev–Trinajstić information content (AvgIpc) is 2.08. The van der Waals surface area contributed by atoms with Crippen LogP contribution in [0.4, 0.5) is 0 Å². The van der Waals surface area contributed by atoms with E-state index in [4.69, 9.17) is 4.74 Å². The smallest absolute Gasteiger partial charge is 0.306 e. The van der Waals surface area contributed by atoms with Gasteiger partial charge in [0.25, 0.3) is 0 Å². The van der Waals surface area contributed by atoms with E-state index in [9.17, 15) is 15.0 Å². The third-order valence-electron chi connectivity index (χ3n) is 3.37. The Hall–Kier alpha value is -0.610. The Morgan fingerprint density at radius 3 is 2.56 bits per heavy atom. The van der Waals surface area contributed by atoms with Crippen molar-refractivity contribution in [1.29, 1.82) is 0 Å². The van der Waals surface area contributed by atoms with Crippen LogP contribution in [0.3, 0.4) is 0 Å². The minimum atomic E-state index is -0.992. The van der Waals surface area contributed by atoms with Crippen LogP contribution in [0.1, 0.15) is 46.5 Å². The summed E-state index contributed by atoms with van der Waals surface area (Å²) < 4.78 is 4.88. The van der Waals surface area contributed by atoms with Crippen LogP contribution >= 0.6 is 0 Å². The summed E-state index contributed by atoms with van der Waals surface area (Å²) in [4.78, 5) is 11.4. The molecule has 16 heavy (non-hydrogen) atoms. The van der Waals surface area contributed by atoms with Crippen LogP contribution in [0.15, 0.2) is 0 Å². The summed E-state index contributed by atoms with van der Waals surface area (Å²) in [6, 6.07) is 0. The lowest BCUT2D eigenvalue weighted by Crippen LogP contribution is -2.48. The maximum Gasteiger partial charge on any atom is 0.306 e. The van der Waals surface area contributed by atoms with Gasteiger partial charge in [0.2, 0.25) is 0 Å². The minimum Gasteiger partial charge on any atom is -0.466 e. The van der Waals surface area contributed by atoms with Gasteiger partial charge in [-0.1, -0.05) is 0 Å². The number of esters is 1. The van der Waals surface area contributed by atoms with Gasteiger partial charge in [-0.2, -0.15) is 0 Å². The maximum atomic E-state index is 11.4. The Labute approximate surface area is 96.6 Å². The zero-order valence-electron chi connectivity index (χ0n) is 10.3. The summed E-state index contributed by atoms with van der Waals surface area (Å²) in [5, 5.41) is 20.1. The van der Waals surface area contributed by atoms with Crippen molar-refractivity contribution in [2.45, 2.75) is 57.7 Å². The van der Waals surface area contributed by atoms with Crippen molar-refractivity contribution in [3.63, 3.8) is 0 Å². The molecule has 0 aromatic heterocycles. The first-order chi connectivity index (χ1) is 7.27. The number of hydrogen-bond donors (Lipinski definition) is 2. The number of hydrogen-bond acceptors (Lipinski definition) is 4. The standard InChI is InChI=1S/C12H22O4/c1-4-16-10(13)7-9-5-6-11(2,14)8-12(9,3)15/h9,14-15H,4-8H2,1-3H3/t9-,11+,12+/m0/s1. The highest BCUT2D eigenvalue weighted by Crippen LogP contribution is 2.40. The minimum absolute atomic E-state index is 0.119. The van der Waals surface area contributed by atoms with Gasteiger partial charge in [0.15, 0.2) is 0 Å². The molecule has 1 rings (SSSR count). The summed E-state index contributed by atoms with van der Waals surface area (Å²) >= 11 is 0. The van der Waals surface area contributed by atoms with E-state index in [1.54, 1.807) is 20.8 Å². The van der Waals surface area contributed by atoms with E-state index in [1.807, 2.05) is 0 Å². The Morgan fingerprint density at radius 1 is 1.44 bits per heavy atom. The normalized spacial score (nSPS) is 39.4. The maximum absolute atomic E-state index is 11.4. The monoisotopic (exact) mass is 230 g/mol. The van der Waals surface area contributed by atoms with Gasteiger partial charge >= 0.3 is 5.97 Å². The highest BCUT2D eigenvalue weighted by molar-refractivity contribution is 5.69. The second-order valence-corrected chi connectivity index (χ2v) is 5.28. The summed E-state index contributed by atoms with van der Waals surface area (Å²) in [7, 11) is 0. The van der Waals surface area contributed by atoms with Crippen molar-refractivity contribution >= 4 is 5.97 Å². The highest BCUT2D eigenvalue weighted by Gasteiger charge is 2.44. The van der Waals surface area contributed by atoms with Gasteiger partial charge in [-0.25, -0.2) is 0 Å². The van der Waals surface area contributed by atoms with Gasteiger partial charge in [0, 0.05) is 6.42 Å². The lowest BCUT2D eigenvalue weighted by atomic mass is 9.69. The van der Waals surface area contributed by atoms with Crippen molar-refractivity contribution in [2.24, 2.45) is 5.92 Å². The Morgan fingerprint density at radius 2 is 2.06 bits per heavy atom. The summed E-state index contributed by atoms with van der Waals surface area (Å²) in [6.07, 6.45) is 1.81. The van der Waals surface area contributed by atoms with Crippen LogP contribution in [0, 0.1) is 5.92 Å². The second kappa shape index (κ2) is 4.72. The largest absolute Gasteiger partial charge is 0.466 e. The summed E-state index contributed by atoms with van der Waals surface area (Å²) in [5.74, 6) is -0.388. The molecule has 0 aliphatic heterocycles. The Bertz CT molecular complexity index is 258. The van der Waals surface area contributed by atoms with Crippen molar-refractivity contribution in [3.05, 3.63) is 0 Å². The predicted molar refractivity (Wildman–Crippen MR) is 59.8 cm³/mol. The van der Waals surface area contributed by atoms with E-state index in [0.29, 0.717) is 25.9 Å². The number of carbonyl (C=O) groups is 1. The van der Waals surface area contributed by atoms with E-state index < -0.39 is 11.2 Å². The second-order valence-electron chi connectivity index (χ2n) is 5.28. The van der Waals surface area contributed by atoms with Gasteiger partial charge in [-0.15, -0.1) is 0 Å². The molecule has 0 radical (unpaired) electrons. The van der Waals surface area contributed by atoms with E-state index in [1.165, 1.54) is 0 Å². The molecule has 2 N–H and O–H groups in total. The SMILES string of the molecule is CCOC(=O)C[C@@H]1CC[C@@](C)(O)C[C@@]1(C)O. The van der Waals surface area contributed by atoms with E-state index in [0.717, 1.165) is 0 Å². The molecule has 1 saturated carbocycles. The third kappa shape index (κ3) is 3.46. The van der Waals surface area contributed by atoms with Crippen LogP contribution < -0.4 is 0 Å². The molecule has 1 fully saturated rings. The fraction of sp³-hybridized carbons (Fsp3) is 0.917. The van der Waals surface area contributed by atoms with Crippen LogP contribution in [-0.2, 0) is 9.53 Å². The van der Waals surface area contributed by atoms with Gasteiger partial charge in [-0.05, 0) is 39.5 Å². The Balaban J connectivity index is 2.58. The van der Waals surface area contributed by atoms with Crippen molar-refractivity contribution in [2.75, 3.05) is 6.61 Å². The summed E-state index contributed by atoms with van der Waals surface area (Å²) in [6.45, 7) is 5.54. The molecule has 0 bridgehead atoms. The molecule has 3 atom stereocenters. The molecule has 0 saturated heterocycles. The molecule has 0 amide bonds. The summed E-state index contributed by atoms with van der Waals surface area (Å²) in [5.41, 5.74) is -1.82. The highest BCUT2D eigenvalue weighted by atomic mass is 16.5. The Kier molecular flexibility index (Phi) is 3.97. The van der Waals surface area contributed by atoms with Crippen LogP contribution in [0.25, 0.3) is 0 Å². The van der Waals surface area contributed by atoms with Gasteiger partial charge in [0.1, 0.15) is 0 Å². The molecular weight excluding hydrogens is 208 g/mol. The molecule has 0 unspecified atom stereocenters. The first-order valence-corrected chi connectivity index (χ1v) is 5.87. The lowest BCUT2D eigenvalue weighted by molar-refractivity contribution is -0.154. The van der Waals surface area contributed by atoms with E-state index >= 15 is 0 Å². The molecule has 1 aliphatic carbocycles. The van der Waals surface area contributed by atoms with Crippen LogP contribution in [0.2, 0.25) is 0 Å². The zero-order valence-corrected chi connectivity index (χ0v) is 10.3. The van der Waals surface area contributed by atoms with E-state index in [2.05, 4.69) is 0 Å². The van der Waals surface area contributed by atoms with Crippen molar-refractivity contribution < 1.29 is 19.7 Å². The molecule has 0 heterocycles. The fourth-order valence-corrected chi connectivity index (χ4v) is 2.54. The molecule has 0 spiro atoms. The fourth-order valence-electron chi connectivity index (χ4n) is 2.54. The van der Waals surface area contributed by atoms with Crippen LogP contribution in [0.5, 0.6) is 0 Å².